The van der Waals surface area contributed by atoms with Crippen LogP contribution in [0.2, 0.25) is 0 Å². The van der Waals surface area contributed by atoms with Crippen LogP contribution in [-0.2, 0) is 17.1 Å². The van der Waals surface area contributed by atoms with E-state index in [4.69, 9.17) is 0 Å². The number of nitrogens with one attached hydrogen (secondary N) is 1. The first-order valence-corrected chi connectivity index (χ1v) is 8.82. The molecule has 1 saturated heterocycles. The summed E-state index contributed by atoms with van der Waals surface area (Å²) >= 11 is 0. The van der Waals surface area contributed by atoms with Gasteiger partial charge >= 0.3 is 0 Å². The molecule has 1 aliphatic rings. The molecule has 1 aromatic carbocycles. The van der Waals surface area contributed by atoms with Crippen LogP contribution in [-0.4, -0.2) is 41.9 Å². The molecule has 0 saturated carbocycles. The summed E-state index contributed by atoms with van der Waals surface area (Å²) in [6.45, 7) is 2.82. The minimum Gasteiger partial charge on any atom is -0.337 e. The number of piperazine rings is 1. The molecule has 1 N–H and O–H groups in total. The van der Waals surface area contributed by atoms with Crippen LogP contribution in [0, 0.1) is 12.7 Å². The molecule has 0 aliphatic carbocycles. The number of aryl methyl sites for hydroxylation is 1. The Morgan fingerprint density at radius 3 is 2.87 bits per heavy atom. The summed E-state index contributed by atoms with van der Waals surface area (Å²) in [5.41, 5.74) is 0.143. The Morgan fingerprint density at radius 1 is 1.39 bits per heavy atom. The van der Waals surface area contributed by atoms with Gasteiger partial charge in [-0.15, -0.1) is 0 Å². The highest BCUT2D eigenvalue weighted by Crippen LogP contribution is 2.29. The van der Waals surface area contributed by atoms with Gasteiger partial charge in [-0.05, 0) is 19.1 Å². The van der Waals surface area contributed by atoms with Gasteiger partial charge in [-0.1, -0.05) is 6.07 Å². The fourth-order valence-corrected chi connectivity index (χ4v) is 4.71. The normalized spacial score (nSPS) is 19.9. The second kappa shape index (κ2) is 6.03. The lowest BCUT2D eigenvalue weighted by molar-refractivity contribution is 0.258. The third-order valence-electron chi connectivity index (χ3n) is 4.16. The first-order chi connectivity index (χ1) is 10.9. The van der Waals surface area contributed by atoms with Crippen LogP contribution < -0.4 is 5.32 Å². The van der Waals surface area contributed by atoms with Crippen molar-refractivity contribution in [1.82, 2.24) is 19.2 Å². The monoisotopic (exact) mass is 338 g/mol. The average molecular weight is 338 g/mol. The van der Waals surface area contributed by atoms with Crippen LogP contribution in [0.1, 0.15) is 17.4 Å². The Labute approximate surface area is 135 Å². The minimum absolute atomic E-state index is 0.0126. The van der Waals surface area contributed by atoms with E-state index in [1.807, 2.05) is 7.05 Å². The number of hydrogen-bond acceptors (Lipinski definition) is 4. The summed E-state index contributed by atoms with van der Waals surface area (Å²) in [5.74, 6) is 0.143. The van der Waals surface area contributed by atoms with Crippen molar-refractivity contribution in [1.29, 1.82) is 0 Å². The van der Waals surface area contributed by atoms with E-state index in [-0.39, 0.29) is 10.5 Å². The van der Waals surface area contributed by atoms with Crippen molar-refractivity contribution in [2.45, 2.75) is 17.9 Å². The third kappa shape index (κ3) is 2.77. The number of halogens is 1. The molecule has 6 nitrogen and oxygen atoms in total. The summed E-state index contributed by atoms with van der Waals surface area (Å²) in [5, 5.41) is 3.20. The molecule has 1 unspecified atom stereocenters. The number of aromatic nitrogens is 2. The Kier molecular flexibility index (Phi) is 4.22. The van der Waals surface area contributed by atoms with Crippen molar-refractivity contribution in [3.05, 3.63) is 47.8 Å². The highest BCUT2D eigenvalue weighted by Gasteiger charge is 2.37. The molecular weight excluding hydrogens is 319 g/mol. The van der Waals surface area contributed by atoms with Crippen molar-refractivity contribution in [3.63, 3.8) is 0 Å². The molecule has 0 spiro atoms. The summed E-state index contributed by atoms with van der Waals surface area (Å²) in [4.78, 5) is 4.29. The quantitative estimate of drug-likeness (QED) is 0.913. The Balaban J connectivity index is 2.06. The van der Waals surface area contributed by atoms with E-state index in [2.05, 4.69) is 10.3 Å². The van der Waals surface area contributed by atoms with Crippen LogP contribution in [0.5, 0.6) is 0 Å². The van der Waals surface area contributed by atoms with Crippen LogP contribution in [0.3, 0.4) is 0 Å². The summed E-state index contributed by atoms with van der Waals surface area (Å²) in [6, 6.07) is 3.72. The van der Waals surface area contributed by atoms with Gasteiger partial charge in [0.1, 0.15) is 11.6 Å². The van der Waals surface area contributed by atoms with Crippen LogP contribution >= 0.6 is 0 Å². The Bertz CT molecular complexity index is 819. The smallest absolute Gasteiger partial charge is 0.244 e. The zero-order valence-electron chi connectivity index (χ0n) is 13.0. The van der Waals surface area contributed by atoms with E-state index in [0.717, 1.165) is 0 Å². The number of hydrogen-bond donors (Lipinski definition) is 1. The van der Waals surface area contributed by atoms with Gasteiger partial charge in [-0.25, -0.2) is 17.8 Å². The van der Waals surface area contributed by atoms with Gasteiger partial charge in [0.05, 0.1) is 10.9 Å². The van der Waals surface area contributed by atoms with Crippen LogP contribution in [0.25, 0.3) is 0 Å². The van der Waals surface area contributed by atoms with E-state index >= 15 is 0 Å². The standard InChI is InChI=1S/C15H19FN4O2S/c1-11-12(16)4-3-5-14(11)23(21,22)20-9-6-17-10-13(20)15-18-7-8-19(15)2/h3-5,7-8,13,17H,6,9-10H2,1-2H3. The molecule has 124 valence electrons. The zero-order chi connectivity index (χ0) is 16.6. The van der Waals surface area contributed by atoms with E-state index in [0.29, 0.717) is 25.5 Å². The zero-order valence-corrected chi connectivity index (χ0v) is 13.8. The lowest BCUT2D eigenvalue weighted by Crippen LogP contribution is -2.49. The maximum atomic E-state index is 13.8. The second-order valence-corrected chi connectivity index (χ2v) is 7.45. The summed E-state index contributed by atoms with van der Waals surface area (Å²) in [7, 11) is -1.98. The van der Waals surface area contributed by atoms with Gasteiger partial charge in [-0.2, -0.15) is 4.31 Å². The van der Waals surface area contributed by atoms with Crippen LogP contribution in [0.15, 0.2) is 35.5 Å². The van der Waals surface area contributed by atoms with Gasteiger partial charge in [0.2, 0.25) is 10.0 Å². The molecule has 8 heteroatoms. The molecule has 1 atom stereocenters. The molecule has 2 aromatic rings. The third-order valence-corrected chi connectivity index (χ3v) is 6.21. The predicted octanol–water partition coefficient (Wildman–Crippen LogP) is 1.20. The van der Waals surface area contributed by atoms with Crippen molar-refractivity contribution in [2.24, 2.45) is 7.05 Å². The van der Waals surface area contributed by atoms with Crippen molar-refractivity contribution < 1.29 is 12.8 Å². The largest absolute Gasteiger partial charge is 0.337 e. The highest BCUT2D eigenvalue weighted by molar-refractivity contribution is 7.89. The highest BCUT2D eigenvalue weighted by atomic mass is 32.2. The van der Waals surface area contributed by atoms with Gasteiger partial charge in [0.15, 0.2) is 0 Å². The number of rotatable bonds is 3. The van der Waals surface area contributed by atoms with Crippen molar-refractivity contribution in [2.75, 3.05) is 19.6 Å². The number of imidazole rings is 1. The van der Waals surface area contributed by atoms with E-state index < -0.39 is 21.9 Å². The first kappa shape index (κ1) is 16.1. The molecule has 23 heavy (non-hydrogen) atoms. The molecule has 0 bridgehead atoms. The lowest BCUT2D eigenvalue weighted by atomic mass is 10.2. The summed E-state index contributed by atoms with van der Waals surface area (Å²) < 4.78 is 43.2. The molecule has 1 aromatic heterocycles. The maximum absolute atomic E-state index is 13.8. The molecule has 2 heterocycles. The fraction of sp³-hybridized carbons (Fsp3) is 0.400. The van der Waals surface area contributed by atoms with Gasteiger partial charge in [-0.3, -0.25) is 0 Å². The van der Waals surface area contributed by atoms with Gasteiger partial charge < -0.3 is 9.88 Å². The number of nitrogens with zero attached hydrogens (tertiary/aromatic N) is 3. The van der Waals surface area contributed by atoms with Crippen LogP contribution in [0.4, 0.5) is 4.39 Å². The lowest BCUT2D eigenvalue weighted by Gasteiger charge is -2.35. The van der Waals surface area contributed by atoms with Crippen molar-refractivity contribution >= 4 is 10.0 Å². The van der Waals surface area contributed by atoms with Gasteiger partial charge in [0, 0.05) is 44.6 Å². The Morgan fingerprint density at radius 2 is 2.17 bits per heavy atom. The topological polar surface area (TPSA) is 67.2 Å². The van der Waals surface area contributed by atoms with E-state index in [1.54, 1.807) is 17.0 Å². The minimum atomic E-state index is -3.81. The number of sulfonamides is 1. The molecule has 1 aliphatic heterocycles. The fourth-order valence-electron chi connectivity index (χ4n) is 2.89. The van der Waals surface area contributed by atoms with E-state index in [9.17, 15) is 12.8 Å². The SMILES string of the molecule is Cc1c(F)cccc1S(=O)(=O)N1CCNCC1c1nccn1C. The Hall–Kier alpha value is -1.77. The molecule has 1 fully saturated rings. The molecule has 0 radical (unpaired) electrons. The predicted molar refractivity (Wildman–Crippen MR) is 83.8 cm³/mol. The van der Waals surface area contributed by atoms with Gasteiger partial charge in [0.25, 0.3) is 0 Å². The number of benzene rings is 1. The second-order valence-electron chi connectivity index (χ2n) is 5.59. The molecule has 3 rings (SSSR count). The van der Waals surface area contributed by atoms with E-state index in [1.165, 1.54) is 29.4 Å². The molecule has 0 amide bonds. The average Bonchev–Trinajstić information content (AvgIpc) is 2.96. The molecular formula is C15H19FN4O2S. The summed E-state index contributed by atoms with van der Waals surface area (Å²) in [6.07, 6.45) is 3.42. The first-order valence-electron chi connectivity index (χ1n) is 7.38. The van der Waals surface area contributed by atoms with Crippen molar-refractivity contribution in [3.8, 4) is 0 Å². The maximum Gasteiger partial charge on any atom is 0.244 e.